The van der Waals surface area contributed by atoms with Crippen LogP contribution in [0.15, 0.2) is 36.4 Å². The lowest BCUT2D eigenvalue weighted by Gasteiger charge is -1.99. The number of carbonyl (C=O) groups excluding carboxylic acids is 2. The predicted molar refractivity (Wildman–Crippen MR) is 72.5 cm³/mol. The molecule has 0 aromatic rings. The molecule has 0 aromatic carbocycles. The molecule has 92 valence electrons. The number of halogens is 1. The van der Waals surface area contributed by atoms with Crippen molar-refractivity contribution in [2.24, 2.45) is 0 Å². The minimum atomic E-state index is -0.431. The Balaban J connectivity index is 2.68. The molecule has 2 aliphatic rings. The van der Waals surface area contributed by atoms with Gasteiger partial charge in [-0.15, -0.1) is 0 Å². The van der Waals surface area contributed by atoms with Crippen molar-refractivity contribution in [3.05, 3.63) is 47.5 Å². The molecule has 0 saturated carbocycles. The maximum atomic E-state index is 11.9. The first-order valence-corrected chi connectivity index (χ1v) is 6.50. The molecule has 0 spiro atoms. The molecule has 0 aromatic heterocycles. The van der Waals surface area contributed by atoms with Crippen LogP contribution in [-0.2, 0) is 4.74 Å². The van der Waals surface area contributed by atoms with Gasteiger partial charge in [0.2, 0.25) is 0 Å². The van der Waals surface area contributed by atoms with E-state index in [4.69, 9.17) is 4.74 Å². The van der Waals surface area contributed by atoms with E-state index in [1.165, 1.54) is 7.11 Å². The molecule has 0 N–H and O–H groups in total. The molecule has 2 aliphatic carbocycles. The minimum Gasteiger partial charge on any atom is -0.465 e. The molecule has 0 radical (unpaired) electrons. The average Bonchev–Trinajstić information content (AvgIpc) is 2.59. The molecule has 0 saturated heterocycles. The summed E-state index contributed by atoms with van der Waals surface area (Å²) in [6.07, 6.45) is 0. The Bertz CT molecular complexity index is 530. The third-order valence-electron chi connectivity index (χ3n) is 2.73. The fourth-order valence-electron chi connectivity index (χ4n) is 1.90. The van der Waals surface area contributed by atoms with Crippen LogP contribution in [0.2, 0.25) is 0 Å². The molecule has 0 unspecified atom stereocenters. The highest BCUT2D eigenvalue weighted by Gasteiger charge is 2.23. The Kier molecular flexibility index (Phi) is 3.77. The maximum absolute atomic E-state index is 11.9. The third-order valence-corrected chi connectivity index (χ3v) is 3.24. The normalized spacial score (nSPS) is 10.3. The van der Waals surface area contributed by atoms with Crippen molar-refractivity contribution in [1.29, 1.82) is 0 Å². The van der Waals surface area contributed by atoms with Crippen molar-refractivity contribution < 1.29 is 14.3 Å². The van der Waals surface area contributed by atoms with E-state index in [-0.39, 0.29) is 11.1 Å². The molecule has 0 bridgehead atoms. The topological polar surface area (TPSA) is 43.4 Å². The van der Waals surface area contributed by atoms with Crippen molar-refractivity contribution in [3.8, 4) is 11.1 Å². The summed E-state index contributed by atoms with van der Waals surface area (Å²) in [6, 6.07) is 10.8. The van der Waals surface area contributed by atoms with Crippen LogP contribution in [0, 0.1) is 0 Å². The van der Waals surface area contributed by atoms with Gasteiger partial charge in [-0.05, 0) is 17.2 Å². The lowest BCUT2D eigenvalue weighted by atomic mass is 10.1. The second kappa shape index (κ2) is 5.31. The van der Waals surface area contributed by atoms with Gasteiger partial charge in [-0.25, -0.2) is 4.79 Å². The van der Waals surface area contributed by atoms with Gasteiger partial charge in [-0.2, -0.15) is 0 Å². The molecule has 18 heavy (non-hydrogen) atoms. The van der Waals surface area contributed by atoms with Gasteiger partial charge in [0.1, 0.15) is 0 Å². The molecule has 0 amide bonds. The zero-order chi connectivity index (χ0) is 13.1. The van der Waals surface area contributed by atoms with Crippen LogP contribution in [0.3, 0.4) is 0 Å². The van der Waals surface area contributed by atoms with E-state index in [2.05, 4.69) is 15.9 Å². The van der Waals surface area contributed by atoms with E-state index in [9.17, 15) is 9.59 Å². The number of Topliss-reactive ketones (excluding diaryl/α,β-unsaturated/α-hetero) is 1. The minimum absolute atomic E-state index is 0.0543. The predicted octanol–water partition coefficient (Wildman–Crippen LogP) is 3.16. The summed E-state index contributed by atoms with van der Waals surface area (Å²) < 4.78 is 4.74. The summed E-state index contributed by atoms with van der Waals surface area (Å²) in [4.78, 5) is 23.6. The summed E-state index contributed by atoms with van der Waals surface area (Å²) in [5.74, 6) is -0.485. The summed E-state index contributed by atoms with van der Waals surface area (Å²) in [5.41, 5.74) is 2.47. The SMILES string of the molecule is COC(=O)c1cc(C(=O)CBr)c2cccccc1-2. The van der Waals surface area contributed by atoms with Gasteiger partial charge in [0.25, 0.3) is 0 Å². The smallest absolute Gasteiger partial charge is 0.338 e. The number of methoxy groups -OCH3 is 1. The Morgan fingerprint density at radius 3 is 2.28 bits per heavy atom. The first-order valence-electron chi connectivity index (χ1n) is 5.38. The number of fused-ring (bicyclic) bond motifs is 1. The number of esters is 1. The van der Waals surface area contributed by atoms with Gasteiger partial charge in [0.05, 0.1) is 18.0 Å². The van der Waals surface area contributed by atoms with Gasteiger partial charge in [0.15, 0.2) is 5.78 Å². The van der Waals surface area contributed by atoms with Crippen LogP contribution in [0.1, 0.15) is 20.7 Å². The summed E-state index contributed by atoms with van der Waals surface area (Å²) in [7, 11) is 1.33. The Hall–Kier alpha value is -1.68. The molecular formula is C14H11BrO3. The molecular weight excluding hydrogens is 296 g/mol. The summed E-state index contributed by atoms with van der Waals surface area (Å²) in [6.45, 7) is 0. The fraction of sp³-hybridized carbons (Fsp3) is 0.143. The number of rotatable bonds is 3. The standard InChI is InChI=1S/C14H11BrO3/c1-18-14(17)12-7-11(13(16)8-15)9-5-3-2-4-6-10(9)12/h2-7H,8H2,1H3. The Morgan fingerprint density at radius 1 is 1.11 bits per heavy atom. The molecule has 0 aliphatic heterocycles. The quantitative estimate of drug-likeness (QED) is 0.497. The van der Waals surface area contributed by atoms with Crippen molar-refractivity contribution in [3.63, 3.8) is 0 Å². The number of ether oxygens (including phenoxy) is 1. The third kappa shape index (κ3) is 2.16. The van der Waals surface area contributed by atoms with E-state index in [0.29, 0.717) is 11.1 Å². The fourth-order valence-corrected chi connectivity index (χ4v) is 2.20. The molecule has 3 nitrogen and oxygen atoms in total. The molecule has 0 atom stereocenters. The number of hydrogen-bond donors (Lipinski definition) is 0. The monoisotopic (exact) mass is 306 g/mol. The lowest BCUT2D eigenvalue weighted by molar-refractivity contribution is 0.0602. The van der Waals surface area contributed by atoms with Gasteiger partial charge >= 0.3 is 5.97 Å². The lowest BCUT2D eigenvalue weighted by Crippen LogP contribution is -2.00. The maximum Gasteiger partial charge on any atom is 0.338 e. The highest BCUT2D eigenvalue weighted by Crippen LogP contribution is 2.32. The van der Waals surface area contributed by atoms with Crippen LogP contribution >= 0.6 is 15.9 Å². The van der Waals surface area contributed by atoms with Crippen molar-refractivity contribution in [2.75, 3.05) is 12.4 Å². The average molecular weight is 307 g/mol. The van der Waals surface area contributed by atoms with Crippen molar-refractivity contribution in [1.82, 2.24) is 0 Å². The van der Waals surface area contributed by atoms with E-state index < -0.39 is 5.97 Å². The molecule has 4 heteroatoms. The largest absolute Gasteiger partial charge is 0.465 e. The van der Waals surface area contributed by atoms with E-state index in [0.717, 1.165) is 11.1 Å². The van der Waals surface area contributed by atoms with Gasteiger partial charge in [-0.1, -0.05) is 46.3 Å². The number of ketones is 1. The van der Waals surface area contributed by atoms with E-state index in [1.807, 2.05) is 30.3 Å². The molecule has 2 rings (SSSR count). The van der Waals surface area contributed by atoms with E-state index >= 15 is 0 Å². The number of alkyl halides is 1. The number of carbonyl (C=O) groups is 2. The van der Waals surface area contributed by atoms with Gasteiger partial charge in [-0.3, -0.25) is 4.79 Å². The summed E-state index contributed by atoms with van der Waals surface area (Å²) >= 11 is 3.15. The Morgan fingerprint density at radius 2 is 1.72 bits per heavy atom. The van der Waals surface area contributed by atoms with Crippen molar-refractivity contribution in [2.45, 2.75) is 0 Å². The van der Waals surface area contributed by atoms with Crippen LogP contribution in [0.4, 0.5) is 0 Å². The van der Waals surface area contributed by atoms with Crippen LogP contribution in [-0.4, -0.2) is 24.2 Å². The second-order valence-corrected chi connectivity index (χ2v) is 4.32. The van der Waals surface area contributed by atoms with E-state index in [1.54, 1.807) is 6.07 Å². The molecule has 0 heterocycles. The second-order valence-electron chi connectivity index (χ2n) is 3.76. The molecule has 0 fully saturated rings. The number of hydrogen-bond acceptors (Lipinski definition) is 3. The first kappa shape index (κ1) is 12.8. The van der Waals surface area contributed by atoms with Crippen LogP contribution in [0.25, 0.3) is 11.1 Å². The zero-order valence-electron chi connectivity index (χ0n) is 9.77. The van der Waals surface area contributed by atoms with Crippen LogP contribution in [0.5, 0.6) is 0 Å². The zero-order valence-corrected chi connectivity index (χ0v) is 11.4. The van der Waals surface area contributed by atoms with Crippen LogP contribution < -0.4 is 0 Å². The summed E-state index contributed by atoms with van der Waals surface area (Å²) in [5, 5.41) is 0.228. The highest BCUT2D eigenvalue weighted by atomic mass is 79.9. The van der Waals surface area contributed by atoms with Gasteiger partial charge in [0, 0.05) is 5.56 Å². The Labute approximate surface area is 113 Å². The van der Waals surface area contributed by atoms with Crippen molar-refractivity contribution >= 4 is 27.7 Å². The first-order chi connectivity index (χ1) is 8.69. The highest BCUT2D eigenvalue weighted by molar-refractivity contribution is 9.09. The van der Waals surface area contributed by atoms with Gasteiger partial charge < -0.3 is 4.74 Å².